The third kappa shape index (κ3) is 4.73. The number of hydrogen-bond donors (Lipinski definition) is 1. The van der Waals surface area contributed by atoms with E-state index in [1.54, 1.807) is 51.1 Å². The maximum Gasteiger partial charge on any atom is 0.245 e. The van der Waals surface area contributed by atoms with Gasteiger partial charge in [0.1, 0.15) is 0 Å². The molecule has 1 rings (SSSR count). The van der Waals surface area contributed by atoms with Crippen LogP contribution in [0.25, 0.3) is 5.57 Å². The molecule has 0 fully saturated rings. The largest absolute Gasteiger partial charge is 0.352 e. The average molecular weight is 305 g/mol. The second-order valence-electron chi connectivity index (χ2n) is 4.93. The molecule has 1 aromatic rings. The van der Waals surface area contributed by atoms with Gasteiger partial charge < -0.3 is 5.32 Å². The van der Waals surface area contributed by atoms with Gasteiger partial charge in [-0.25, -0.2) is 0 Å². The van der Waals surface area contributed by atoms with Gasteiger partial charge in [0.2, 0.25) is 5.91 Å². The van der Waals surface area contributed by atoms with Crippen LogP contribution in [0.3, 0.4) is 0 Å². The number of benzene rings is 1. The highest BCUT2D eigenvalue weighted by atomic mass is 35.5. The average Bonchev–Trinajstić information content (AvgIpc) is 2.38. The van der Waals surface area contributed by atoms with E-state index in [2.05, 4.69) is 5.32 Å². The molecule has 0 saturated heterocycles. The summed E-state index contributed by atoms with van der Waals surface area (Å²) in [6.45, 7) is 5.25. The van der Waals surface area contributed by atoms with Gasteiger partial charge in [0.05, 0.1) is 6.07 Å². The Morgan fingerprint density at radius 2 is 1.95 bits per heavy atom. The zero-order valence-electron chi connectivity index (χ0n) is 12.2. The van der Waals surface area contributed by atoms with E-state index in [9.17, 15) is 9.59 Å². The maximum absolute atomic E-state index is 12.1. The Morgan fingerprint density at radius 1 is 1.33 bits per heavy atom. The van der Waals surface area contributed by atoms with Crippen molar-refractivity contribution in [3.63, 3.8) is 0 Å². The summed E-state index contributed by atoms with van der Waals surface area (Å²) >= 11 is 6.05. The van der Waals surface area contributed by atoms with Crippen molar-refractivity contribution in [2.75, 3.05) is 0 Å². The second-order valence-corrected chi connectivity index (χ2v) is 5.34. The number of nitrogens with zero attached hydrogens (tertiary/aromatic N) is 1. The van der Waals surface area contributed by atoms with E-state index in [1.165, 1.54) is 6.08 Å². The lowest BCUT2D eigenvalue weighted by molar-refractivity contribution is -0.129. The Hall–Kier alpha value is -2.12. The van der Waals surface area contributed by atoms with Crippen LogP contribution < -0.4 is 5.32 Å². The number of hydrogen-bond acceptors (Lipinski definition) is 3. The van der Waals surface area contributed by atoms with Gasteiger partial charge in [-0.3, -0.25) is 9.59 Å². The molecular formula is C16H17ClN2O2. The highest BCUT2D eigenvalue weighted by Crippen LogP contribution is 2.23. The zero-order chi connectivity index (χ0) is 16.0. The summed E-state index contributed by atoms with van der Waals surface area (Å²) in [4.78, 5) is 23.9. The quantitative estimate of drug-likeness (QED) is 0.671. The van der Waals surface area contributed by atoms with Crippen molar-refractivity contribution in [1.82, 2.24) is 5.32 Å². The van der Waals surface area contributed by atoms with Gasteiger partial charge in [-0.1, -0.05) is 29.8 Å². The molecule has 21 heavy (non-hydrogen) atoms. The molecule has 0 heterocycles. The topological polar surface area (TPSA) is 70.0 Å². The van der Waals surface area contributed by atoms with Gasteiger partial charge >= 0.3 is 0 Å². The second kappa shape index (κ2) is 7.61. The SMILES string of the molecule is C/C(=C/C(=O)[C@H](C#N)C(=O)NC(C)C)c1ccccc1Cl. The molecule has 0 aliphatic rings. The molecule has 0 bridgehead atoms. The fourth-order valence-corrected chi connectivity index (χ4v) is 2.06. The molecule has 0 spiro atoms. The fraction of sp³-hybridized carbons (Fsp3) is 0.312. The molecule has 1 atom stereocenters. The van der Waals surface area contributed by atoms with E-state index in [0.29, 0.717) is 16.2 Å². The number of amides is 1. The summed E-state index contributed by atoms with van der Waals surface area (Å²) in [6.07, 6.45) is 1.29. The van der Waals surface area contributed by atoms with Crippen LogP contribution >= 0.6 is 11.6 Å². The molecule has 0 aliphatic heterocycles. The number of rotatable bonds is 5. The van der Waals surface area contributed by atoms with Crippen molar-refractivity contribution in [3.8, 4) is 6.07 Å². The van der Waals surface area contributed by atoms with Crippen LogP contribution in [0.15, 0.2) is 30.3 Å². The molecule has 4 nitrogen and oxygen atoms in total. The molecule has 5 heteroatoms. The van der Waals surface area contributed by atoms with Crippen molar-refractivity contribution in [2.45, 2.75) is 26.8 Å². The standard InChI is InChI=1S/C16H17ClN2O2/c1-10(2)19-16(21)13(9-18)15(20)8-11(3)12-6-4-5-7-14(12)17/h4-8,10,13H,1-3H3,(H,19,21)/b11-8-/t13-/m0/s1. The van der Waals surface area contributed by atoms with Crippen molar-refractivity contribution in [2.24, 2.45) is 5.92 Å². The normalized spacial score (nSPS) is 12.7. The Balaban J connectivity index is 2.97. The highest BCUT2D eigenvalue weighted by Gasteiger charge is 2.25. The van der Waals surface area contributed by atoms with Crippen LogP contribution in [0.2, 0.25) is 5.02 Å². The molecule has 0 aliphatic carbocycles. The monoisotopic (exact) mass is 304 g/mol. The minimum Gasteiger partial charge on any atom is -0.352 e. The lowest BCUT2D eigenvalue weighted by Crippen LogP contribution is -2.38. The van der Waals surface area contributed by atoms with Crippen LogP contribution in [0.5, 0.6) is 0 Å². The fourth-order valence-electron chi connectivity index (χ4n) is 1.77. The molecule has 0 saturated carbocycles. The van der Waals surface area contributed by atoms with E-state index < -0.39 is 17.6 Å². The van der Waals surface area contributed by atoms with Gasteiger partial charge in [0, 0.05) is 11.1 Å². The molecule has 1 N–H and O–H groups in total. The number of ketones is 1. The van der Waals surface area contributed by atoms with Gasteiger partial charge in [0.25, 0.3) is 0 Å². The lowest BCUT2D eigenvalue weighted by atomic mass is 9.99. The van der Waals surface area contributed by atoms with Crippen LogP contribution in [0.1, 0.15) is 26.3 Å². The molecule has 1 amide bonds. The number of allylic oxidation sites excluding steroid dienone is 2. The minimum atomic E-state index is -1.34. The summed E-state index contributed by atoms with van der Waals surface area (Å²) in [7, 11) is 0. The third-order valence-electron chi connectivity index (χ3n) is 2.76. The Morgan fingerprint density at radius 3 is 2.48 bits per heavy atom. The van der Waals surface area contributed by atoms with Crippen molar-refractivity contribution >= 4 is 28.9 Å². The Bertz CT molecular complexity index is 615. The van der Waals surface area contributed by atoms with Crippen LogP contribution in [-0.2, 0) is 9.59 Å². The molecule has 0 aromatic heterocycles. The van der Waals surface area contributed by atoms with Crippen LogP contribution in [0, 0.1) is 17.2 Å². The highest BCUT2D eigenvalue weighted by molar-refractivity contribution is 6.32. The number of carbonyl (C=O) groups is 2. The zero-order valence-corrected chi connectivity index (χ0v) is 12.9. The first-order valence-corrected chi connectivity index (χ1v) is 6.91. The van der Waals surface area contributed by atoms with Crippen molar-refractivity contribution in [3.05, 3.63) is 40.9 Å². The summed E-state index contributed by atoms with van der Waals surface area (Å²) in [6, 6.07) is 8.69. The van der Waals surface area contributed by atoms with Gasteiger partial charge in [0.15, 0.2) is 11.7 Å². The third-order valence-corrected chi connectivity index (χ3v) is 3.09. The predicted octanol–water partition coefficient (Wildman–Crippen LogP) is 2.98. The Labute approximate surface area is 129 Å². The minimum absolute atomic E-state index is 0.130. The molecule has 0 radical (unpaired) electrons. The summed E-state index contributed by atoms with van der Waals surface area (Å²) in [5.41, 5.74) is 1.32. The van der Waals surface area contributed by atoms with Crippen LogP contribution in [-0.4, -0.2) is 17.7 Å². The van der Waals surface area contributed by atoms with E-state index in [4.69, 9.17) is 16.9 Å². The molecular weight excluding hydrogens is 288 g/mol. The van der Waals surface area contributed by atoms with E-state index in [1.807, 2.05) is 0 Å². The van der Waals surface area contributed by atoms with E-state index >= 15 is 0 Å². The summed E-state index contributed by atoms with van der Waals surface area (Å²) < 4.78 is 0. The summed E-state index contributed by atoms with van der Waals surface area (Å²) in [5.74, 6) is -2.47. The van der Waals surface area contributed by atoms with Crippen molar-refractivity contribution in [1.29, 1.82) is 5.26 Å². The molecule has 0 unspecified atom stereocenters. The number of nitriles is 1. The first kappa shape index (κ1) is 16.9. The number of halogens is 1. The van der Waals surface area contributed by atoms with Gasteiger partial charge in [-0.2, -0.15) is 5.26 Å². The van der Waals surface area contributed by atoms with E-state index in [-0.39, 0.29) is 6.04 Å². The molecule has 110 valence electrons. The Kier molecular flexibility index (Phi) is 6.13. The van der Waals surface area contributed by atoms with Gasteiger partial charge in [-0.05, 0) is 44.1 Å². The first-order chi connectivity index (χ1) is 9.86. The number of carbonyl (C=O) groups excluding carboxylic acids is 2. The first-order valence-electron chi connectivity index (χ1n) is 6.53. The lowest BCUT2D eigenvalue weighted by Gasteiger charge is -2.11. The number of nitrogens with one attached hydrogen (secondary N) is 1. The maximum atomic E-state index is 12.1. The summed E-state index contributed by atoms with van der Waals surface area (Å²) in [5, 5.41) is 12.1. The van der Waals surface area contributed by atoms with Crippen LogP contribution in [0.4, 0.5) is 0 Å². The van der Waals surface area contributed by atoms with Crippen molar-refractivity contribution < 1.29 is 9.59 Å². The van der Waals surface area contributed by atoms with Gasteiger partial charge in [-0.15, -0.1) is 0 Å². The van der Waals surface area contributed by atoms with E-state index in [0.717, 1.165) is 0 Å². The molecule has 1 aromatic carbocycles. The predicted molar refractivity (Wildman–Crippen MR) is 82.5 cm³/mol. The smallest absolute Gasteiger partial charge is 0.245 e.